The van der Waals surface area contributed by atoms with Gasteiger partial charge in [-0.25, -0.2) is 4.57 Å². The third-order valence-electron chi connectivity index (χ3n) is 5.20. The van der Waals surface area contributed by atoms with Gasteiger partial charge in [-0.3, -0.25) is 9.05 Å². The number of quaternary nitrogens is 1. The first-order valence-electron chi connectivity index (χ1n) is 13.8. The van der Waals surface area contributed by atoms with Crippen molar-refractivity contribution in [3.05, 3.63) is 24.3 Å². The minimum atomic E-state index is -4.13. The molecular formula is C28H57NO6P+. The fourth-order valence-corrected chi connectivity index (χ4v) is 4.02. The Morgan fingerprint density at radius 2 is 1.36 bits per heavy atom. The maximum atomic E-state index is 12.2. The highest BCUT2D eigenvalue weighted by molar-refractivity contribution is 7.47. The van der Waals surface area contributed by atoms with Gasteiger partial charge < -0.3 is 18.9 Å². The molecule has 2 atom stereocenters. The van der Waals surface area contributed by atoms with Gasteiger partial charge in [-0.15, -0.1) is 0 Å². The van der Waals surface area contributed by atoms with Crippen LogP contribution in [-0.2, 0) is 23.1 Å². The number of phosphoric acid groups is 1. The largest absolute Gasteiger partial charge is 0.472 e. The van der Waals surface area contributed by atoms with E-state index in [0.29, 0.717) is 24.2 Å². The average molecular weight is 535 g/mol. The standard InChI is InChI=1S/C28H56NO6P/c1-8-9-10-11-12-13-14-15-16-17-18-19-20-21-23-32-25-27(35-28(2,3)4)26-34-36(30,31)33-24-22-29(5,6)7/h10-11,16-17,27H,8-9,12-15,18-26H2,1-7H3/p+1/t27-/m1/s1. The summed E-state index contributed by atoms with van der Waals surface area (Å²) in [5, 5.41) is 0. The van der Waals surface area contributed by atoms with Crippen molar-refractivity contribution in [2.75, 3.05) is 54.1 Å². The van der Waals surface area contributed by atoms with Crippen LogP contribution in [0.4, 0.5) is 0 Å². The molecule has 0 spiro atoms. The number of rotatable bonds is 23. The molecule has 36 heavy (non-hydrogen) atoms. The van der Waals surface area contributed by atoms with Crippen molar-refractivity contribution in [2.24, 2.45) is 0 Å². The van der Waals surface area contributed by atoms with E-state index in [9.17, 15) is 9.46 Å². The lowest BCUT2D eigenvalue weighted by atomic mass is 10.1. The molecule has 0 aromatic rings. The molecule has 0 amide bonds. The second-order valence-electron chi connectivity index (χ2n) is 11.4. The van der Waals surface area contributed by atoms with E-state index in [-0.39, 0.29) is 13.2 Å². The maximum Gasteiger partial charge on any atom is 0.472 e. The molecule has 0 aliphatic rings. The number of allylic oxidation sites excluding steroid dienone is 4. The van der Waals surface area contributed by atoms with E-state index < -0.39 is 19.5 Å². The van der Waals surface area contributed by atoms with Crippen molar-refractivity contribution < 1.29 is 32.5 Å². The Balaban J connectivity index is 4.01. The number of phosphoric ester groups is 1. The fraction of sp³-hybridized carbons (Fsp3) is 0.857. The molecule has 0 bridgehead atoms. The van der Waals surface area contributed by atoms with Gasteiger partial charge in [0.25, 0.3) is 0 Å². The molecule has 1 N–H and O–H groups in total. The Bertz CT molecular complexity index is 625. The van der Waals surface area contributed by atoms with Crippen LogP contribution >= 0.6 is 7.82 Å². The highest BCUT2D eigenvalue weighted by atomic mass is 31.2. The van der Waals surface area contributed by atoms with E-state index in [4.69, 9.17) is 18.5 Å². The van der Waals surface area contributed by atoms with E-state index >= 15 is 0 Å². The molecule has 0 aromatic carbocycles. The Kier molecular flexibility index (Phi) is 20.1. The molecular weight excluding hydrogens is 477 g/mol. The SMILES string of the molecule is CCCC=CCCCCC=CCCCCCOC[C@H](COP(=O)(O)OCC[N+](C)(C)C)OC(C)(C)C. The van der Waals surface area contributed by atoms with E-state index in [1.807, 2.05) is 41.9 Å². The van der Waals surface area contributed by atoms with Gasteiger partial charge >= 0.3 is 7.82 Å². The summed E-state index contributed by atoms with van der Waals surface area (Å²) in [5.74, 6) is 0. The lowest BCUT2D eigenvalue weighted by Gasteiger charge is -2.28. The molecule has 0 saturated carbocycles. The number of hydrogen-bond acceptors (Lipinski definition) is 5. The Hall–Kier alpha value is -0.530. The van der Waals surface area contributed by atoms with Crippen LogP contribution in [0.1, 0.15) is 91.9 Å². The Morgan fingerprint density at radius 3 is 1.89 bits per heavy atom. The summed E-state index contributed by atoms with van der Waals surface area (Å²) >= 11 is 0. The Morgan fingerprint density at radius 1 is 0.806 bits per heavy atom. The fourth-order valence-electron chi connectivity index (χ4n) is 3.28. The normalized spacial score (nSPS) is 15.7. The van der Waals surface area contributed by atoms with Gasteiger partial charge in [0.1, 0.15) is 19.3 Å². The molecule has 0 fully saturated rings. The molecule has 0 saturated heterocycles. The third kappa shape index (κ3) is 26.5. The predicted molar refractivity (Wildman–Crippen MR) is 150 cm³/mol. The second-order valence-corrected chi connectivity index (χ2v) is 12.9. The van der Waals surface area contributed by atoms with Crippen molar-refractivity contribution >= 4 is 7.82 Å². The first-order valence-corrected chi connectivity index (χ1v) is 15.3. The molecule has 0 aliphatic carbocycles. The highest BCUT2D eigenvalue weighted by Crippen LogP contribution is 2.43. The van der Waals surface area contributed by atoms with Gasteiger partial charge in [-0.2, -0.15) is 0 Å². The molecule has 0 rings (SSSR count). The summed E-state index contributed by atoms with van der Waals surface area (Å²) in [6.07, 6.45) is 20.5. The van der Waals surface area contributed by atoms with Crippen molar-refractivity contribution in [3.8, 4) is 0 Å². The Labute approximate surface area is 222 Å². The molecule has 0 heterocycles. The van der Waals surface area contributed by atoms with Gasteiger partial charge in [0.05, 0.1) is 40.0 Å². The highest BCUT2D eigenvalue weighted by Gasteiger charge is 2.27. The number of ether oxygens (including phenoxy) is 2. The van der Waals surface area contributed by atoms with Gasteiger partial charge in [0, 0.05) is 6.61 Å². The van der Waals surface area contributed by atoms with E-state index in [1.165, 1.54) is 38.5 Å². The monoisotopic (exact) mass is 534 g/mol. The van der Waals surface area contributed by atoms with Crippen LogP contribution in [0.5, 0.6) is 0 Å². The first kappa shape index (κ1) is 35.5. The van der Waals surface area contributed by atoms with Gasteiger partial charge in [-0.1, -0.05) is 44.1 Å². The van der Waals surface area contributed by atoms with Crippen LogP contribution in [0.15, 0.2) is 24.3 Å². The number of unbranched alkanes of at least 4 members (excludes halogenated alkanes) is 7. The van der Waals surface area contributed by atoms with Crippen molar-refractivity contribution in [1.82, 2.24) is 0 Å². The first-order chi connectivity index (χ1) is 16.8. The molecule has 0 aromatic heterocycles. The zero-order chi connectivity index (χ0) is 27.3. The van der Waals surface area contributed by atoms with Crippen LogP contribution in [0.25, 0.3) is 0 Å². The lowest BCUT2D eigenvalue weighted by Crippen LogP contribution is -2.37. The lowest BCUT2D eigenvalue weighted by molar-refractivity contribution is -0.870. The molecule has 0 aliphatic heterocycles. The van der Waals surface area contributed by atoms with E-state index in [1.54, 1.807) is 0 Å². The smallest absolute Gasteiger partial charge is 0.379 e. The summed E-state index contributed by atoms with van der Waals surface area (Å²) in [7, 11) is 1.84. The minimum absolute atomic E-state index is 0.0603. The predicted octanol–water partition coefficient (Wildman–Crippen LogP) is 7.06. The number of nitrogens with zero attached hydrogens (tertiary/aromatic N) is 1. The van der Waals surface area contributed by atoms with Crippen LogP contribution in [0, 0.1) is 0 Å². The molecule has 214 valence electrons. The van der Waals surface area contributed by atoms with Crippen molar-refractivity contribution in [1.29, 1.82) is 0 Å². The van der Waals surface area contributed by atoms with Gasteiger partial charge in [0.15, 0.2) is 0 Å². The zero-order valence-electron chi connectivity index (χ0n) is 24.4. The summed E-state index contributed by atoms with van der Waals surface area (Å²) in [6, 6.07) is 0. The summed E-state index contributed by atoms with van der Waals surface area (Å²) < 4.78 is 34.9. The van der Waals surface area contributed by atoms with Crippen LogP contribution in [-0.4, -0.2) is 75.2 Å². The molecule has 8 heteroatoms. The van der Waals surface area contributed by atoms with Crippen molar-refractivity contribution in [3.63, 3.8) is 0 Å². The van der Waals surface area contributed by atoms with E-state index in [0.717, 1.165) is 25.7 Å². The van der Waals surface area contributed by atoms with Gasteiger partial charge in [0.2, 0.25) is 0 Å². The van der Waals surface area contributed by atoms with Crippen LogP contribution < -0.4 is 0 Å². The maximum absolute atomic E-state index is 12.2. The quantitative estimate of drug-likeness (QED) is 0.0655. The number of likely N-dealkylation sites (N-methyl/N-ethyl adjacent to an activating group) is 1. The van der Waals surface area contributed by atoms with E-state index in [2.05, 4.69) is 31.2 Å². The summed E-state index contributed by atoms with van der Waals surface area (Å²) in [4.78, 5) is 9.97. The minimum Gasteiger partial charge on any atom is -0.379 e. The zero-order valence-corrected chi connectivity index (χ0v) is 25.3. The van der Waals surface area contributed by atoms with Crippen LogP contribution in [0.3, 0.4) is 0 Å². The summed E-state index contributed by atoms with van der Waals surface area (Å²) in [6.45, 7) is 9.66. The molecule has 1 unspecified atom stereocenters. The number of hydrogen-bond donors (Lipinski definition) is 1. The summed E-state index contributed by atoms with van der Waals surface area (Å²) in [5.41, 5.74) is -0.417. The average Bonchev–Trinajstić information content (AvgIpc) is 2.75. The second kappa shape index (κ2) is 20.4. The molecule has 0 radical (unpaired) electrons. The topological polar surface area (TPSA) is 74.2 Å². The molecule has 7 nitrogen and oxygen atoms in total. The third-order valence-corrected chi connectivity index (χ3v) is 6.19. The van der Waals surface area contributed by atoms with Crippen molar-refractivity contribution in [2.45, 2.75) is 104 Å². The van der Waals surface area contributed by atoms with Gasteiger partial charge in [-0.05, 0) is 72.1 Å². The van der Waals surface area contributed by atoms with Crippen LogP contribution in [0.2, 0.25) is 0 Å².